The number of carbonyl (C=O) groups excluding carboxylic acids is 1. The molecule has 0 saturated heterocycles. The number of aromatic nitrogens is 7. The van der Waals surface area contributed by atoms with E-state index in [0.717, 1.165) is 11.3 Å². The highest BCUT2D eigenvalue weighted by molar-refractivity contribution is 5.90. The Balaban J connectivity index is 0.000000223. The fourth-order valence-electron chi connectivity index (χ4n) is 4.09. The van der Waals surface area contributed by atoms with Gasteiger partial charge in [0.15, 0.2) is 17.8 Å². The molecule has 2 aromatic carbocycles. The molecule has 11 nitrogen and oxygen atoms in total. The molecule has 0 fully saturated rings. The zero-order valence-corrected chi connectivity index (χ0v) is 21.7. The smallest absolute Gasteiger partial charge is 0.267 e. The van der Waals surface area contributed by atoms with Gasteiger partial charge in [-0.05, 0) is 44.3 Å². The van der Waals surface area contributed by atoms with Crippen LogP contribution in [0.2, 0.25) is 0 Å². The fourth-order valence-corrected chi connectivity index (χ4v) is 4.09. The van der Waals surface area contributed by atoms with E-state index in [-0.39, 0.29) is 17.4 Å². The Hall–Kier alpha value is -5.60. The second kappa shape index (κ2) is 11.4. The number of H-pyrrole nitrogens is 1. The number of nitrogens with zero attached hydrogens (tertiary/aromatic N) is 6. The summed E-state index contributed by atoms with van der Waals surface area (Å²) in [7, 11) is 1.85. The van der Waals surface area contributed by atoms with E-state index in [9.17, 15) is 9.59 Å². The highest BCUT2D eigenvalue weighted by atomic mass is 16.1. The lowest BCUT2D eigenvalue weighted by atomic mass is 10.1. The molecule has 198 valence electrons. The molecular formula is C29H25N9O2. The molecule has 0 radical (unpaired) electrons. The van der Waals surface area contributed by atoms with Gasteiger partial charge in [-0.2, -0.15) is 5.10 Å². The van der Waals surface area contributed by atoms with Gasteiger partial charge in [-0.3, -0.25) is 19.3 Å². The Bertz CT molecular complexity index is 1910. The maximum absolute atomic E-state index is 13.6. The highest BCUT2D eigenvalue weighted by Gasteiger charge is 2.18. The lowest BCUT2D eigenvalue weighted by Crippen LogP contribution is -2.29. The second-order valence-electron chi connectivity index (χ2n) is 8.70. The largest absolute Gasteiger partial charge is 0.382 e. The topological polar surface area (TPSA) is 149 Å². The Morgan fingerprint density at radius 1 is 1.10 bits per heavy atom. The number of benzene rings is 2. The Morgan fingerprint density at radius 2 is 1.93 bits per heavy atom. The summed E-state index contributed by atoms with van der Waals surface area (Å²) in [6, 6.07) is 16.7. The number of hydrogen-bond donors (Lipinski definition) is 3. The van der Waals surface area contributed by atoms with Crippen molar-refractivity contribution < 1.29 is 4.79 Å². The minimum absolute atomic E-state index is 0.0991. The van der Waals surface area contributed by atoms with Crippen LogP contribution in [0.3, 0.4) is 0 Å². The number of nitrogens with one attached hydrogen (secondary N) is 2. The first-order valence-electron chi connectivity index (χ1n) is 12.3. The van der Waals surface area contributed by atoms with E-state index in [1.807, 2.05) is 62.5 Å². The average molecular weight is 532 g/mol. The van der Waals surface area contributed by atoms with Crippen LogP contribution < -0.4 is 16.6 Å². The monoisotopic (exact) mass is 531 g/mol. The quantitative estimate of drug-likeness (QED) is 0.232. The van der Waals surface area contributed by atoms with Crippen LogP contribution in [0.15, 0.2) is 84.2 Å². The molecule has 0 bridgehead atoms. The molecule has 0 saturated carbocycles. The molecule has 1 unspecified atom stereocenters. The number of carbonyl (C=O) groups is 1. The summed E-state index contributed by atoms with van der Waals surface area (Å²) < 4.78 is 3.13. The maximum atomic E-state index is 13.6. The normalized spacial score (nSPS) is 11.3. The molecular weight excluding hydrogens is 506 g/mol. The first kappa shape index (κ1) is 26.0. The molecule has 0 aliphatic rings. The van der Waals surface area contributed by atoms with Gasteiger partial charge < -0.3 is 11.1 Å². The molecule has 4 N–H and O–H groups in total. The van der Waals surface area contributed by atoms with E-state index < -0.39 is 0 Å². The van der Waals surface area contributed by atoms with Crippen LogP contribution in [0.5, 0.6) is 0 Å². The average Bonchev–Trinajstić information content (AvgIpc) is 3.63. The predicted molar refractivity (Wildman–Crippen MR) is 152 cm³/mol. The van der Waals surface area contributed by atoms with Gasteiger partial charge in [0.2, 0.25) is 0 Å². The van der Waals surface area contributed by atoms with Crippen molar-refractivity contribution in [3.05, 3.63) is 112 Å². The molecule has 0 aliphatic heterocycles. The molecule has 4 aromatic heterocycles. The van der Waals surface area contributed by atoms with Crippen LogP contribution in [-0.2, 0) is 0 Å². The Labute approximate surface area is 228 Å². The molecule has 0 spiro atoms. The van der Waals surface area contributed by atoms with E-state index >= 15 is 0 Å². The van der Waals surface area contributed by atoms with Gasteiger partial charge in [0.1, 0.15) is 11.4 Å². The third-order valence-corrected chi connectivity index (χ3v) is 6.18. The summed E-state index contributed by atoms with van der Waals surface area (Å²) in [5.41, 5.74) is 8.97. The number of anilines is 1. The standard InChI is InChI=1S/C22H19N5O.C7H6N4O/c1-15(23-2)21-26-19-10-6-7-17(12-11-16-13-24-25-14-16)20(19)22(28)27(21)18-8-4-3-5-9-18;8-6-5(4-12)7-9-2-1-3-11(7)10-6/h3-10,13-15,23H,1-2H3,(H,24,25);1-4H,(H2,8,10). The first-order chi connectivity index (χ1) is 19.5. The van der Waals surface area contributed by atoms with E-state index in [4.69, 9.17) is 10.7 Å². The summed E-state index contributed by atoms with van der Waals surface area (Å²) >= 11 is 0. The maximum Gasteiger partial charge on any atom is 0.267 e. The highest BCUT2D eigenvalue weighted by Crippen LogP contribution is 2.20. The number of hydrogen-bond acceptors (Lipinski definition) is 8. The van der Waals surface area contributed by atoms with E-state index in [0.29, 0.717) is 39.8 Å². The number of aldehydes is 1. The van der Waals surface area contributed by atoms with Crippen molar-refractivity contribution in [1.82, 2.24) is 39.7 Å². The summed E-state index contributed by atoms with van der Waals surface area (Å²) in [6.45, 7) is 1.98. The van der Waals surface area contributed by atoms with Crippen LogP contribution in [0.1, 0.15) is 40.3 Å². The van der Waals surface area contributed by atoms with Crippen molar-refractivity contribution in [2.75, 3.05) is 12.8 Å². The lowest BCUT2D eigenvalue weighted by molar-refractivity contribution is 0.112. The summed E-state index contributed by atoms with van der Waals surface area (Å²) in [5.74, 6) is 7.00. The van der Waals surface area contributed by atoms with Crippen molar-refractivity contribution in [2.45, 2.75) is 13.0 Å². The van der Waals surface area contributed by atoms with Crippen molar-refractivity contribution in [3.8, 4) is 17.5 Å². The summed E-state index contributed by atoms with van der Waals surface area (Å²) in [6.07, 6.45) is 7.29. The third-order valence-electron chi connectivity index (χ3n) is 6.18. The van der Waals surface area contributed by atoms with Crippen LogP contribution >= 0.6 is 0 Å². The number of fused-ring (bicyclic) bond motifs is 2. The van der Waals surface area contributed by atoms with Gasteiger partial charge in [-0.25, -0.2) is 14.5 Å². The number of nitrogens with two attached hydrogens (primary N) is 1. The van der Waals surface area contributed by atoms with Crippen LogP contribution in [-0.4, -0.2) is 47.7 Å². The SMILES string of the molecule is CNC(C)c1nc2cccc(C#Cc3cn[nH]c3)c2c(=O)n1-c1ccccc1.Nc1nn2cccnc2c1C=O. The van der Waals surface area contributed by atoms with E-state index in [1.54, 1.807) is 35.4 Å². The van der Waals surface area contributed by atoms with Crippen LogP contribution in [0.25, 0.3) is 22.2 Å². The molecule has 0 amide bonds. The van der Waals surface area contributed by atoms with Gasteiger partial charge in [0.25, 0.3) is 5.56 Å². The predicted octanol–water partition coefficient (Wildman–Crippen LogP) is 2.91. The number of rotatable bonds is 4. The van der Waals surface area contributed by atoms with Crippen molar-refractivity contribution in [2.24, 2.45) is 0 Å². The van der Waals surface area contributed by atoms with Gasteiger partial charge in [-0.1, -0.05) is 36.1 Å². The van der Waals surface area contributed by atoms with Crippen LogP contribution in [0.4, 0.5) is 5.82 Å². The van der Waals surface area contributed by atoms with Crippen molar-refractivity contribution in [1.29, 1.82) is 0 Å². The van der Waals surface area contributed by atoms with Gasteiger partial charge in [0, 0.05) is 24.2 Å². The van der Waals surface area contributed by atoms with Gasteiger partial charge in [-0.15, -0.1) is 5.10 Å². The Morgan fingerprint density at radius 3 is 2.65 bits per heavy atom. The van der Waals surface area contributed by atoms with Crippen molar-refractivity contribution in [3.63, 3.8) is 0 Å². The van der Waals surface area contributed by atoms with E-state index in [2.05, 4.69) is 37.4 Å². The molecule has 1 atom stereocenters. The number of para-hydroxylation sites is 1. The number of nitrogen functional groups attached to an aromatic ring is 1. The van der Waals surface area contributed by atoms with Crippen molar-refractivity contribution >= 4 is 28.7 Å². The molecule has 6 aromatic rings. The molecule has 0 aliphatic carbocycles. The summed E-state index contributed by atoms with van der Waals surface area (Å²) in [4.78, 5) is 32.9. The molecule has 4 heterocycles. The number of aromatic amines is 1. The minimum Gasteiger partial charge on any atom is -0.382 e. The first-order valence-corrected chi connectivity index (χ1v) is 12.3. The zero-order valence-electron chi connectivity index (χ0n) is 21.7. The fraction of sp³-hybridized carbons (Fsp3) is 0.103. The zero-order chi connectivity index (χ0) is 28.1. The van der Waals surface area contributed by atoms with Gasteiger partial charge >= 0.3 is 0 Å². The van der Waals surface area contributed by atoms with E-state index in [1.165, 1.54) is 4.52 Å². The van der Waals surface area contributed by atoms with Gasteiger partial charge in [0.05, 0.1) is 34.4 Å². The molecule has 6 rings (SSSR count). The second-order valence-corrected chi connectivity index (χ2v) is 8.70. The lowest BCUT2D eigenvalue weighted by Gasteiger charge is -2.18. The summed E-state index contributed by atoms with van der Waals surface area (Å²) in [5, 5.41) is 14.2. The molecule has 40 heavy (non-hydrogen) atoms. The minimum atomic E-state index is -0.134. The van der Waals surface area contributed by atoms with Crippen LogP contribution in [0, 0.1) is 11.8 Å². The third kappa shape index (κ3) is 5.07. The molecule has 11 heteroatoms. The Kier molecular flexibility index (Phi) is 7.43.